The van der Waals surface area contributed by atoms with Crippen LogP contribution in [0.4, 0.5) is 0 Å². The summed E-state index contributed by atoms with van der Waals surface area (Å²) in [6.45, 7) is 6.00. The Labute approximate surface area is 102 Å². The maximum atomic E-state index is 12.3. The lowest BCUT2D eigenvalue weighted by atomic mass is 9.81. The Balaban J connectivity index is 2.18. The molecule has 0 N–H and O–H groups in total. The number of esters is 1. The molecule has 2 rings (SSSR count). The first kappa shape index (κ1) is 12.6. The molecule has 2 heterocycles. The van der Waals surface area contributed by atoms with Crippen molar-refractivity contribution in [2.45, 2.75) is 39.2 Å². The van der Waals surface area contributed by atoms with E-state index >= 15 is 0 Å². The Bertz CT molecular complexity index is 316. The Morgan fingerprint density at radius 1 is 1.47 bits per heavy atom. The van der Waals surface area contributed by atoms with Gasteiger partial charge in [-0.2, -0.15) is 0 Å². The number of Topliss-reactive ketones (excluding diaryl/α,β-unsaturated/α-hetero) is 1. The van der Waals surface area contributed by atoms with E-state index in [1.54, 1.807) is 6.92 Å². The van der Waals surface area contributed by atoms with E-state index in [0.29, 0.717) is 6.61 Å². The van der Waals surface area contributed by atoms with Gasteiger partial charge in [0.05, 0.1) is 6.61 Å². The maximum Gasteiger partial charge on any atom is 0.318 e. The van der Waals surface area contributed by atoms with Crippen molar-refractivity contribution in [3.05, 3.63) is 0 Å². The number of nitrogens with zero attached hydrogens (tertiary/aromatic N) is 1. The number of hydrogen-bond donors (Lipinski definition) is 0. The zero-order valence-electron chi connectivity index (χ0n) is 10.6. The summed E-state index contributed by atoms with van der Waals surface area (Å²) in [6, 6.07) is 0.101. The second-order valence-electron chi connectivity index (χ2n) is 4.94. The molecule has 0 aromatic heterocycles. The summed E-state index contributed by atoms with van der Waals surface area (Å²) in [5, 5.41) is 0. The van der Waals surface area contributed by atoms with Gasteiger partial charge in [0.2, 0.25) is 0 Å². The molecule has 3 unspecified atom stereocenters. The van der Waals surface area contributed by atoms with Crippen LogP contribution in [0.2, 0.25) is 0 Å². The molecule has 2 fully saturated rings. The van der Waals surface area contributed by atoms with Crippen molar-refractivity contribution < 1.29 is 14.3 Å². The Kier molecular flexibility index (Phi) is 3.82. The molecule has 0 aliphatic carbocycles. The zero-order chi connectivity index (χ0) is 12.4. The first-order valence-electron chi connectivity index (χ1n) is 6.63. The van der Waals surface area contributed by atoms with Crippen molar-refractivity contribution in [3.63, 3.8) is 0 Å². The van der Waals surface area contributed by atoms with E-state index in [2.05, 4.69) is 4.90 Å². The summed E-state index contributed by atoms with van der Waals surface area (Å²) < 4.78 is 5.07. The van der Waals surface area contributed by atoms with E-state index in [4.69, 9.17) is 4.74 Å². The fraction of sp³-hybridized carbons (Fsp3) is 0.846. The quantitative estimate of drug-likeness (QED) is 0.549. The van der Waals surface area contributed by atoms with Crippen molar-refractivity contribution in [1.82, 2.24) is 4.90 Å². The van der Waals surface area contributed by atoms with Crippen molar-refractivity contribution in [1.29, 1.82) is 0 Å². The SMILES string of the molecule is CCOC(=O)C1C(=O)C(CC)CN2CCCC12. The number of rotatable bonds is 3. The number of ether oxygens (including phenoxy) is 1. The molecule has 0 bridgehead atoms. The van der Waals surface area contributed by atoms with E-state index in [1.165, 1.54) is 0 Å². The van der Waals surface area contributed by atoms with Crippen LogP contribution in [0.15, 0.2) is 0 Å². The molecule has 0 saturated carbocycles. The smallest absolute Gasteiger partial charge is 0.318 e. The predicted octanol–water partition coefficient (Wildman–Crippen LogP) is 1.24. The standard InChI is InChI=1S/C13H21NO3/c1-3-9-8-14-7-5-6-10(14)11(12(9)15)13(16)17-4-2/h9-11H,3-8H2,1-2H3. The van der Waals surface area contributed by atoms with Crippen LogP contribution in [-0.2, 0) is 14.3 Å². The highest BCUT2D eigenvalue weighted by atomic mass is 16.5. The number of carbonyl (C=O) groups excluding carboxylic acids is 2. The van der Waals surface area contributed by atoms with Crippen molar-refractivity contribution in [2.75, 3.05) is 19.7 Å². The van der Waals surface area contributed by atoms with Gasteiger partial charge in [-0.05, 0) is 32.7 Å². The molecule has 2 saturated heterocycles. The van der Waals surface area contributed by atoms with Gasteiger partial charge in [-0.3, -0.25) is 14.5 Å². The van der Waals surface area contributed by atoms with Crippen LogP contribution in [0.5, 0.6) is 0 Å². The number of ketones is 1. The van der Waals surface area contributed by atoms with Gasteiger partial charge in [-0.25, -0.2) is 0 Å². The van der Waals surface area contributed by atoms with Gasteiger partial charge in [0.1, 0.15) is 5.92 Å². The van der Waals surface area contributed by atoms with Gasteiger partial charge >= 0.3 is 5.97 Å². The summed E-state index contributed by atoms with van der Waals surface area (Å²) in [4.78, 5) is 26.5. The molecule has 0 aromatic rings. The molecular weight excluding hydrogens is 218 g/mol. The average Bonchev–Trinajstić information content (AvgIpc) is 2.75. The zero-order valence-corrected chi connectivity index (χ0v) is 10.6. The Morgan fingerprint density at radius 3 is 2.88 bits per heavy atom. The van der Waals surface area contributed by atoms with Gasteiger partial charge in [0.15, 0.2) is 5.78 Å². The van der Waals surface area contributed by atoms with E-state index in [1.807, 2.05) is 6.92 Å². The lowest BCUT2D eigenvalue weighted by Gasteiger charge is -2.38. The Morgan fingerprint density at radius 2 is 2.24 bits per heavy atom. The van der Waals surface area contributed by atoms with Gasteiger partial charge in [0, 0.05) is 18.5 Å². The molecule has 2 aliphatic heterocycles. The summed E-state index contributed by atoms with van der Waals surface area (Å²) in [7, 11) is 0. The maximum absolute atomic E-state index is 12.3. The third-order valence-electron chi connectivity index (χ3n) is 4.00. The number of carbonyl (C=O) groups is 2. The fourth-order valence-electron chi connectivity index (χ4n) is 3.11. The van der Waals surface area contributed by atoms with Crippen LogP contribution in [0, 0.1) is 11.8 Å². The molecular formula is C13H21NO3. The van der Waals surface area contributed by atoms with E-state index in [-0.39, 0.29) is 23.7 Å². The largest absolute Gasteiger partial charge is 0.465 e. The molecule has 4 heteroatoms. The topological polar surface area (TPSA) is 46.6 Å². The highest BCUT2D eigenvalue weighted by molar-refractivity contribution is 6.01. The van der Waals surface area contributed by atoms with E-state index in [0.717, 1.165) is 32.4 Å². The number of fused-ring (bicyclic) bond motifs is 1. The minimum atomic E-state index is -0.531. The highest BCUT2D eigenvalue weighted by Gasteiger charge is 2.47. The third-order valence-corrected chi connectivity index (χ3v) is 4.00. The third kappa shape index (κ3) is 2.23. The second-order valence-corrected chi connectivity index (χ2v) is 4.94. The molecule has 96 valence electrons. The monoisotopic (exact) mass is 239 g/mol. The van der Waals surface area contributed by atoms with Crippen LogP contribution < -0.4 is 0 Å². The van der Waals surface area contributed by atoms with Crippen LogP contribution in [0.25, 0.3) is 0 Å². The molecule has 4 nitrogen and oxygen atoms in total. The summed E-state index contributed by atoms with van der Waals surface area (Å²) in [5.41, 5.74) is 0. The summed E-state index contributed by atoms with van der Waals surface area (Å²) in [6.07, 6.45) is 2.86. The van der Waals surface area contributed by atoms with Gasteiger partial charge in [-0.15, -0.1) is 0 Å². The molecule has 0 radical (unpaired) electrons. The predicted molar refractivity (Wildman–Crippen MR) is 63.5 cm³/mol. The Hall–Kier alpha value is -0.900. The van der Waals surface area contributed by atoms with Gasteiger partial charge in [0.25, 0.3) is 0 Å². The van der Waals surface area contributed by atoms with Crippen LogP contribution in [-0.4, -0.2) is 42.4 Å². The normalized spacial score (nSPS) is 33.5. The molecule has 3 atom stereocenters. The fourth-order valence-corrected chi connectivity index (χ4v) is 3.11. The van der Waals surface area contributed by atoms with E-state index in [9.17, 15) is 9.59 Å². The second kappa shape index (κ2) is 5.17. The molecule has 0 amide bonds. The van der Waals surface area contributed by atoms with Crippen molar-refractivity contribution >= 4 is 11.8 Å². The average molecular weight is 239 g/mol. The summed E-state index contributed by atoms with van der Waals surface area (Å²) >= 11 is 0. The lowest BCUT2D eigenvalue weighted by Crippen LogP contribution is -2.53. The van der Waals surface area contributed by atoms with Gasteiger partial charge in [-0.1, -0.05) is 6.92 Å². The van der Waals surface area contributed by atoms with Crippen LogP contribution in [0.3, 0.4) is 0 Å². The van der Waals surface area contributed by atoms with Crippen molar-refractivity contribution in [3.8, 4) is 0 Å². The van der Waals surface area contributed by atoms with Crippen LogP contribution >= 0.6 is 0 Å². The highest BCUT2D eigenvalue weighted by Crippen LogP contribution is 2.33. The van der Waals surface area contributed by atoms with Gasteiger partial charge < -0.3 is 4.74 Å². The van der Waals surface area contributed by atoms with Crippen molar-refractivity contribution in [2.24, 2.45) is 11.8 Å². The minimum Gasteiger partial charge on any atom is -0.465 e. The molecule has 17 heavy (non-hydrogen) atoms. The number of piperidine rings is 1. The summed E-state index contributed by atoms with van der Waals surface area (Å²) in [5.74, 6) is -0.725. The first-order valence-corrected chi connectivity index (χ1v) is 6.63. The minimum absolute atomic E-state index is 0.0127. The number of hydrogen-bond acceptors (Lipinski definition) is 4. The first-order chi connectivity index (χ1) is 8.19. The van der Waals surface area contributed by atoms with E-state index < -0.39 is 5.92 Å². The molecule has 2 aliphatic rings. The lowest BCUT2D eigenvalue weighted by molar-refractivity contribution is -0.158. The van der Waals surface area contributed by atoms with Crippen LogP contribution in [0.1, 0.15) is 33.1 Å². The molecule has 0 aromatic carbocycles. The molecule has 0 spiro atoms.